The average Bonchev–Trinajstić information content (AvgIpc) is 3.20. The molecule has 1 unspecified atom stereocenters. The number of rotatable bonds is 12. The standard InChI is InChI=1S/C23H27N3O4S/c1-5-14-26-22(17(2)30-21-9-7-6-8-20(21)28-4)24-25-23(26)31-16-15-29-19-12-10-18(27-3)11-13-19/h5-13,17H,1,14-16H2,2-4H3. The molecule has 0 radical (unpaired) electrons. The maximum atomic E-state index is 6.10. The van der Waals surface area contributed by atoms with Crippen molar-refractivity contribution in [1.82, 2.24) is 14.8 Å². The van der Waals surface area contributed by atoms with Gasteiger partial charge < -0.3 is 18.9 Å². The van der Waals surface area contributed by atoms with E-state index in [2.05, 4.69) is 16.8 Å². The third-order valence-corrected chi connectivity index (χ3v) is 5.37. The number of para-hydroxylation sites is 2. The van der Waals surface area contributed by atoms with Gasteiger partial charge in [-0.1, -0.05) is 30.0 Å². The minimum absolute atomic E-state index is 0.311. The molecule has 31 heavy (non-hydrogen) atoms. The van der Waals surface area contributed by atoms with Crippen LogP contribution in [0.5, 0.6) is 23.0 Å². The van der Waals surface area contributed by atoms with Crippen LogP contribution >= 0.6 is 11.8 Å². The summed E-state index contributed by atoms with van der Waals surface area (Å²) < 4.78 is 24.4. The molecule has 0 bridgehead atoms. The summed E-state index contributed by atoms with van der Waals surface area (Å²) in [5, 5.41) is 9.51. The van der Waals surface area contributed by atoms with E-state index in [0.717, 1.165) is 28.2 Å². The van der Waals surface area contributed by atoms with Gasteiger partial charge >= 0.3 is 0 Å². The SMILES string of the molecule is C=CCn1c(SCCOc2ccc(OC)cc2)nnc1C(C)Oc1ccccc1OC. The van der Waals surface area contributed by atoms with E-state index in [-0.39, 0.29) is 6.10 Å². The Morgan fingerprint density at radius 2 is 1.71 bits per heavy atom. The normalized spacial score (nSPS) is 11.6. The molecule has 3 aromatic rings. The largest absolute Gasteiger partial charge is 0.497 e. The van der Waals surface area contributed by atoms with Crippen molar-refractivity contribution in [2.24, 2.45) is 0 Å². The van der Waals surface area contributed by atoms with Gasteiger partial charge in [-0.05, 0) is 43.3 Å². The van der Waals surface area contributed by atoms with Crippen molar-refractivity contribution in [3.63, 3.8) is 0 Å². The Kier molecular flexibility index (Phi) is 8.23. The number of allylic oxidation sites excluding steroid dienone is 1. The van der Waals surface area contributed by atoms with Crippen LogP contribution in [0.4, 0.5) is 0 Å². The highest BCUT2D eigenvalue weighted by Crippen LogP contribution is 2.31. The average molecular weight is 442 g/mol. The van der Waals surface area contributed by atoms with Gasteiger partial charge in [0.05, 0.1) is 20.8 Å². The second-order valence-corrected chi connectivity index (χ2v) is 7.59. The van der Waals surface area contributed by atoms with Crippen molar-refractivity contribution in [2.45, 2.75) is 24.7 Å². The van der Waals surface area contributed by atoms with E-state index in [9.17, 15) is 0 Å². The van der Waals surface area contributed by atoms with Crippen molar-refractivity contribution in [3.05, 3.63) is 67.0 Å². The first-order valence-corrected chi connectivity index (χ1v) is 10.9. The molecule has 0 fully saturated rings. The number of aromatic nitrogens is 3. The monoisotopic (exact) mass is 441 g/mol. The maximum absolute atomic E-state index is 6.10. The minimum Gasteiger partial charge on any atom is -0.497 e. The van der Waals surface area contributed by atoms with Crippen molar-refractivity contribution >= 4 is 11.8 Å². The quantitative estimate of drug-likeness (QED) is 0.227. The van der Waals surface area contributed by atoms with Crippen LogP contribution in [0.2, 0.25) is 0 Å². The third-order valence-electron chi connectivity index (χ3n) is 4.44. The lowest BCUT2D eigenvalue weighted by Crippen LogP contribution is -2.13. The van der Waals surface area contributed by atoms with Crippen LogP contribution < -0.4 is 18.9 Å². The number of methoxy groups -OCH3 is 2. The van der Waals surface area contributed by atoms with Gasteiger partial charge in [0.1, 0.15) is 11.5 Å². The molecular formula is C23H27N3O4S. The van der Waals surface area contributed by atoms with Crippen LogP contribution in [0.25, 0.3) is 0 Å². The Morgan fingerprint density at radius 3 is 2.39 bits per heavy atom. The first kappa shape index (κ1) is 22.6. The second-order valence-electron chi connectivity index (χ2n) is 6.52. The number of hydrogen-bond acceptors (Lipinski definition) is 7. The molecule has 2 aromatic carbocycles. The molecule has 0 amide bonds. The fourth-order valence-corrected chi connectivity index (χ4v) is 3.70. The topological polar surface area (TPSA) is 67.6 Å². The summed E-state index contributed by atoms with van der Waals surface area (Å²) >= 11 is 1.58. The molecule has 8 heteroatoms. The fourth-order valence-electron chi connectivity index (χ4n) is 2.93. The molecule has 164 valence electrons. The molecule has 1 atom stereocenters. The summed E-state index contributed by atoms with van der Waals surface area (Å²) in [7, 11) is 3.26. The number of thioether (sulfide) groups is 1. The highest BCUT2D eigenvalue weighted by atomic mass is 32.2. The van der Waals surface area contributed by atoms with E-state index in [0.29, 0.717) is 24.7 Å². The second kappa shape index (κ2) is 11.3. The molecule has 0 saturated carbocycles. The van der Waals surface area contributed by atoms with Gasteiger partial charge in [0.25, 0.3) is 0 Å². The van der Waals surface area contributed by atoms with Crippen molar-refractivity contribution in [2.75, 3.05) is 26.6 Å². The smallest absolute Gasteiger partial charge is 0.191 e. The summed E-state index contributed by atoms with van der Waals surface area (Å²) in [6, 6.07) is 15.1. The summed E-state index contributed by atoms with van der Waals surface area (Å²) in [4.78, 5) is 0. The predicted molar refractivity (Wildman–Crippen MR) is 121 cm³/mol. The Balaban J connectivity index is 1.61. The van der Waals surface area contributed by atoms with E-state index in [1.165, 1.54) is 0 Å². The van der Waals surface area contributed by atoms with Crippen LogP contribution in [0.3, 0.4) is 0 Å². The summed E-state index contributed by atoms with van der Waals surface area (Å²) in [6.45, 7) is 6.93. The Hall–Kier alpha value is -3.13. The van der Waals surface area contributed by atoms with Crippen molar-refractivity contribution in [3.8, 4) is 23.0 Å². The summed E-state index contributed by atoms with van der Waals surface area (Å²) in [6.07, 6.45) is 1.51. The zero-order chi connectivity index (χ0) is 22.1. The molecule has 0 N–H and O–H groups in total. The van der Waals surface area contributed by atoms with Crippen LogP contribution in [0.1, 0.15) is 18.9 Å². The molecule has 1 heterocycles. The molecule has 1 aromatic heterocycles. The van der Waals surface area contributed by atoms with Gasteiger partial charge in [-0.2, -0.15) is 0 Å². The summed E-state index contributed by atoms with van der Waals surface area (Å²) in [5.41, 5.74) is 0. The third kappa shape index (κ3) is 5.95. The van der Waals surface area contributed by atoms with Crippen LogP contribution in [-0.4, -0.2) is 41.3 Å². The number of benzene rings is 2. The molecule has 0 aliphatic carbocycles. The number of hydrogen-bond donors (Lipinski definition) is 0. The van der Waals surface area contributed by atoms with Crippen molar-refractivity contribution in [1.29, 1.82) is 0 Å². The minimum atomic E-state index is -0.311. The lowest BCUT2D eigenvalue weighted by atomic mass is 10.3. The number of ether oxygens (including phenoxy) is 4. The molecule has 0 aliphatic rings. The number of nitrogens with zero attached hydrogens (tertiary/aromatic N) is 3. The maximum Gasteiger partial charge on any atom is 0.191 e. The van der Waals surface area contributed by atoms with Crippen LogP contribution in [0, 0.1) is 0 Å². The lowest BCUT2D eigenvalue weighted by Gasteiger charge is -2.17. The van der Waals surface area contributed by atoms with E-state index in [1.54, 1.807) is 26.0 Å². The fraction of sp³-hybridized carbons (Fsp3) is 0.304. The predicted octanol–water partition coefficient (Wildman–Crippen LogP) is 4.79. The molecule has 3 rings (SSSR count). The highest BCUT2D eigenvalue weighted by Gasteiger charge is 2.20. The Bertz CT molecular complexity index is 975. The first-order valence-electron chi connectivity index (χ1n) is 9.89. The van der Waals surface area contributed by atoms with E-state index in [4.69, 9.17) is 18.9 Å². The highest BCUT2D eigenvalue weighted by molar-refractivity contribution is 7.99. The van der Waals surface area contributed by atoms with Crippen molar-refractivity contribution < 1.29 is 18.9 Å². The molecule has 0 saturated heterocycles. The van der Waals surface area contributed by atoms with E-state index >= 15 is 0 Å². The van der Waals surface area contributed by atoms with Gasteiger partial charge in [0.2, 0.25) is 0 Å². The summed E-state index contributed by atoms with van der Waals surface area (Å²) in [5.74, 6) is 4.39. The van der Waals surface area contributed by atoms with Gasteiger partial charge in [0.15, 0.2) is 28.6 Å². The zero-order valence-corrected chi connectivity index (χ0v) is 18.8. The first-order chi connectivity index (χ1) is 15.2. The van der Waals surface area contributed by atoms with E-state index < -0.39 is 0 Å². The van der Waals surface area contributed by atoms with Gasteiger partial charge in [-0.3, -0.25) is 4.57 Å². The van der Waals surface area contributed by atoms with Gasteiger partial charge in [-0.25, -0.2) is 0 Å². The molecule has 0 spiro atoms. The Morgan fingerprint density at radius 1 is 1.00 bits per heavy atom. The van der Waals surface area contributed by atoms with Gasteiger partial charge in [0, 0.05) is 12.3 Å². The molecular weight excluding hydrogens is 414 g/mol. The molecule has 7 nitrogen and oxygen atoms in total. The van der Waals surface area contributed by atoms with E-state index in [1.807, 2.05) is 66.1 Å². The van der Waals surface area contributed by atoms with Crippen LogP contribution in [0.15, 0.2) is 66.3 Å². The van der Waals surface area contributed by atoms with Gasteiger partial charge in [-0.15, -0.1) is 16.8 Å². The molecule has 0 aliphatic heterocycles. The Labute approximate surface area is 187 Å². The van der Waals surface area contributed by atoms with Crippen LogP contribution in [-0.2, 0) is 6.54 Å². The lowest BCUT2D eigenvalue weighted by molar-refractivity contribution is 0.201. The zero-order valence-electron chi connectivity index (χ0n) is 18.0.